The zero-order valence-electron chi connectivity index (χ0n) is 11.5. The summed E-state index contributed by atoms with van der Waals surface area (Å²) in [6.07, 6.45) is 1.84. The van der Waals surface area contributed by atoms with Gasteiger partial charge in [-0.05, 0) is 17.2 Å². The van der Waals surface area contributed by atoms with Gasteiger partial charge < -0.3 is 9.05 Å². The monoisotopic (exact) mass is 288 g/mol. The molecule has 2 rings (SSSR count). The van der Waals surface area contributed by atoms with Gasteiger partial charge in [0, 0.05) is 14.2 Å². The molecule has 0 N–H and O–H groups in total. The first kappa shape index (κ1) is 14.7. The van der Waals surface area contributed by atoms with Crippen molar-refractivity contribution in [2.45, 2.75) is 0 Å². The average Bonchev–Trinajstić information content (AvgIpc) is 2.54. The molecule has 0 amide bonds. The highest BCUT2D eigenvalue weighted by molar-refractivity contribution is 7.65. The fourth-order valence-electron chi connectivity index (χ4n) is 1.91. The van der Waals surface area contributed by atoms with Crippen LogP contribution in [-0.4, -0.2) is 14.2 Å². The van der Waals surface area contributed by atoms with Gasteiger partial charge in [0.05, 0.1) is 5.31 Å². The van der Waals surface area contributed by atoms with Crippen molar-refractivity contribution >= 4 is 19.0 Å². The van der Waals surface area contributed by atoms with Crippen LogP contribution < -0.4 is 0 Å². The van der Waals surface area contributed by atoms with Crippen LogP contribution in [0.15, 0.2) is 60.7 Å². The minimum absolute atomic E-state index is 0.550. The van der Waals surface area contributed by atoms with Crippen molar-refractivity contribution in [2.24, 2.45) is 0 Å². The molecule has 0 heterocycles. The van der Waals surface area contributed by atoms with E-state index in [9.17, 15) is 4.57 Å². The highest BCUT2D eigenvalue weighted by atomic mass is 31.2. The van der Waals surface area contributed by atoms with Gasteiger partial charge in [0.15, 0.2) is 0 Å². The van der Waals surface area contributed by atoms with Gasteiger partial charge in [0.2, 0.25) is 0 Å². The van der Waals surface area contributed by atoms with Gasteiger partial charge in [-0.2, -0.15) is 0 Å². The second-order valence-electron chi connectivity index (χ2n) is 4.17. The van der Waals surface area contributed by atoms with E-state index >= 15 is 0 Å². The highest BCUT2D eigenvalue weighted by Crippen LogP contribution is 2.59. The number of rotatable bonds is 5. The second-order valence-corrected chi connectivity index (χ2v) is 6.38. The number of hydrogen-bond acceptors (Lipinski definition) is 3. The summed E-state index contributed by atoms with van der Waals surface area (Å²) in [5.41, 5.74) is 1.77. The Labute approximate surface area is 119 Å². The minimum atomic E-state index is -3.32. The standard InChI is InChI=1S/C16H17O3P/c1-18-20(17,19-2)16(15-11-7-4-8-12-15)13-14-9-5-3-6-10-14/h3-13H,1-2H3/b16-13+. The third kappa shape index (κ3) is 3.26. The van der Waals surface area contributed by atoms with Gasteiger partial charge in [-0.3, -0.25) is 4.57 Å². The maximum Gasteiger partial charge on any atom is 0.361 e. The second kappa shape index (κ2) is 6.67. The Kier molecular flexibility index (Phi) is 4.91. The summed E-state index contributed by atoms with van der Waals surface area (Å²) in [6, 6.07) is 19.2. The predicted molar refractivity (Wildman–Crippen MR) is 82.4 cm³/mol. The molecule has 0 saturated heterocycles. The third-order valence-corrected chi connectivity index (χ3v) is 4.89. The molecule has 4 heteroatoms. The van der Waals surface area contributed by atoms with Crippen molar-refractivity contribution in [3.8, 4) is 0 Å². The van der Waals surface area contributed by atoms with Crippen molar-refractivity contribution in [3.63, 3.8) is 0 Å². The van der Waals surface area contributed by atoms with Crippen molar-refractivity contribution in [1.82, 2.24) is 0 Å². The molecule has 2 aromatic carbocycles. The van der Waals surface area contributed by atoms with Crippen molar-refractivity contribution in [2.75, 3.05) is 14.2 Å². The summed E-state index contributed by atoms with van der Waals surface area (Å²) in [6.45, 7) is 0. The Bertz CT molecular complexity index is 613. The van der Waals surface area contributed by atoms with Gasteiger partial charge in [-0.1, -0.05) is 60.7 Å². The van der Waals surface area contributed by atoms with E-state index in [0.717, 1.165) is 11.1 Å². The summed E-state index contributed by atoms with van der Waals surface area (Å²) < 4.78 is 23.0. The topological polar surface area (TPSA) is 35.5 Å². The Morgan fingerprint density at radius 1 is 0.900 bits per heavy atom. The van der Waals surface area contributed by atoms with Crippen LogP contribution in [0.25, 0.3) is 11.4 Å². The molecule has 0 atom stereocenters. The van der Waals surface area contributed by atoms with E-state index in [1.165, 1.54) is 14.2 Å². The van der Waals surface area contributed by atoms with Crippen molar-refractivity contribution < 1.29 is 13.6 Å². The summed E-state index contributed by atoms with van der Waals surface area (Å²) in [4.78, 5) is 0. The molecular weight excluding hydrogens is 271 g/mol. The fraction of sp³-hybridized carbons (Fsp3) is 0.125. The molecule has 0 saturated carbocycles. The van der Waals surface area contributed by atoms with Gasteiger partial charge in [0.25, 0.3) is 0 Å². The SMILES string of the molecule is COP(=O)(OC)/C(=C/c1ccccc1)c1ccccc1. The largest absolute Gasteiger partial charge is 0.361 e. The average molecular weight is 288 g/mol. The lowest BCUT2D eigenvalue weighted by Crippen LogP contribution is -1.93. The first-order valence-corrected chi connectivity index (χ1v) is 7.78. The Hall–Kier alpha value is -1.67. The van der Waals surface area contributed by atoms with E-state index in [1.807, 2.05) is 66.7 Å². The number of hydrogen-bond donors (Lipinski definition) is 0. The summed E-state index contributed by atoms with van der Waals surface area (Å²) in [5, 5.41) is 0.550. The molecule has 0 fully saturated rings. The van der Waals surface area contributed by atoms with Crippen LogP contribution in [-0.2, 0) is 13.6 Å². The maximum absolute atomic E-state index is 12.7. The van der Waals surface area contributed by atoms with Gasteiger partial charge in [-0.25, -0.2) is 0 Å². The van der Waals surface area contributed by atoms with Gasteiger partial charge >= 0.3 is 7.60 Å². The van der Waals surface area contributed by atoms with Crippen LogP contribution in [0.3, 0.4) is 0 Å². The zero-order valence-corrected chi connectivity index (χ0v) is 12.4. The summed E-state index contributed by atoms with van der Waals surface area (Å²) in [7, 11) is -0.528. The molecule has 104 valence electrons. The summed E-state index contributed by atoms with van der Waals surface area (Å²) >= 11 is 0. The van der Waals surface area contributed by atoms with Crippen LogP contribution in [0, 0.1) is 0 Å². The molecule has 0 aliphatic carbocycles. The lowest BCUT2D eigenvalue weighted by Gasteiger charge is -2.17. The van der Waals surface area contributed by atoms with Gasteiger partial charge in [-0.15, -0.1) is 0 Å². The van der Waals surface area contributed by atoms with Crippen molar-refractivity contribution in [3.05, 3.63) is 71.8 Å². The van der Waals surface area contributed by atoms with Crippen molar-refractivity contribution in [1.29, 1.82) is 0 Å². The predicted octanol–water partition coefficient (Wildman–Crippen LogP) is 4.67. The molecule has 0 spiro atoms. The molecule has 3 nitrogen and oxygen atoms in total. The molecule has 2 aromatic rings. The molecule has 0 aliphatic rings. The normalized spacial score (nSPS) is 12.4. The van der Waals surface area contributed by atoms with Crippen LogP contribution in [0.5, 0.6) is 0 Å². The smallest absolute Gasteiger partial charge is 0.309 e. The van der Waals surface area contributed by atoms with Crippen LogP contribution in [0.2, 0.25) is 0 Å². The Morgan fingerprint density at radius 2 is 1.40 bits per heavy atom. The molecular formula is C16H17O3P. The van der Waals surface area contributed by atoms with E-state index < -0.39 is 7.60 Å². The highest BCUT2D eigenvalue weighted by Gasteiger charge is 2.28. The van der Waals surface area contributed by atoms with Crippen LogP contribution in [0.4, 0.5) is 0 Å². The van der Waals surface area contributed by atoms with Crippen LogP contribution >= 0.6 is 7.60 Å². The van der Waals surface area contributed by atoms with E-state index in [0.29, 0.717) is 5.31 Å². The van der Waals surface area contributed by atoms with Gasteiger partial charge in [0.1, 0.15) is 0 Å². The quantitative estimate of drug-likeness (QED) is 0.592. The summed E-state index contributed by atoms with van der Waals surface area (Å²) in [5.74, 6) is 0. The van der Waals surface area contributed by atoms with E-state index in [2.05, 4.69) is 0 Å². The minimum Gasteiger partial charge on any atom is -0.309 e. The number of benzene rings is 2. The zero-order chi connectivity index (χ0) is 14.4. The fourth-order valence-corrected chi connectivity index (χ4v) is 3.22. The van der Waals surface area contributed by atoms with E-state index in [-0.39, 0.29) is 0 Å². The molecule has 20 heavy (non-hydrogen) atoms. The molecule has 0 radical (unpaired) electrons. The van der Waals surface area contributed by atoms with Crippen LogP contribution in [0.1, 0.15) is 11.1 Å². The molecule has 0 bridgehead atoms. The lowest BCUT2D eigenvalue weighted by molar-refractivity contribution is 0.288. The lowest BCUT2D eigenvalue weighted by atomic mass is 10.1. The molecule has 0 unspecified atom stereocenters. The Morgan fingerprint density at radius 3 is 1.90 bits per heavy atom. The molecule has 0 aromatic heterocycles. The molecule has 0 aliphatic heterocycles. The maximum atomic E-state index is 12.7. The Balaban J connectivity index is 2.56. The van der Waals surface area contributed by atoms with E-state index in [4.69, 9.17) is 9.05 Å². The third-order valence-electron chi connectivity index (χ3n) is 2.95. The first-order valence-electron chi connectivity index (χ1n) is 6.24. The first-order chi connectivity index (χ1) is 9.69. The van der Waals surface area contributed by atoms with E-state index in [1.54, 1.807) is 0 Å².